The highest BCUT2D eigenvalue weighted by molar-refractivity contribution is 5.71. The number of amides is 1. The van der Waals surface area contributed by atoms with E-state index in [2.05, 4.69) is 5.32 Å². The SMILES string of the molecule is O=CNc1ccc(Oc2cccc(OC3CCCC3)c2)cc1. The van der Waals surface area contributed by atoms with Gasteiger partial charge in [0.05, 0.1) is 6.10 Å². The van der Waals surface area contributed by atoms with Crippen molar-refractivity contribution in [2.75, 3.05) is 5.32 Å². The molecule has 0 bridgehead atoms. The molecule has 1 N–H and O–H groups in total. The normalized spacial score (nSPS) is 14.5. The van der Waals surface area contributed by atoms with Crippen LogP contribution in [0.2, 0.25) is 0 Å². The zero-order valence-corrected chi connectivity index (χ0v) is 12.3. The molecule has 1 saturated carbocycles. The maximum atomic E-state index is 10.4. The molecule has 0 atom stereocenters. The highest BCUT2D eigenvalue weighted by atomic mass is 16.5. The molecule has 4 nitrogen and oxygen atoms in total. The lowest BCUT2D eigenvalue weighted by atomic mass is 10.3. The second kappa shape index (κ2) is 6.98. The van der Waals surface area contributed by atoms with Crippen molar-refractivity contribution in [3.8, 4) is 17.2 Å². The molecule has 4 heteroatoms. The molecule has 1 amide bonds. The average Bonchev–Trinajstić information content (AvgIpc) is 3.03. The van der Waals surface area contributed by atoms with E-state index in [9.17, 15) is 4.79 Å². The summed E-state index contributed by atoms with van der Waals surface area (Å²) in [6, 6.07) is 14.9. The number of nitrogens with one attached hydrogen (secondary N) is 1. The third-order valence-electron chi connectivity index (χ3n) is 3.73. The Kier molecular flexibility index (Phi) is 4.59. The van der Waals surface area contributed by atoms with Crippen LogP contribution in [0.15, 0.2) is 48.5 Å². The Labute approximate surface area is 130 Å². The Hall–Kier alpha value is -2.49. The number of carbonyl (C=O) groups excluding carboxylic acids is 1. The number of rotatable bonds is 6. The molecule has 22 heavy (non-hydrogen) atoms. The van der Waals surface area contributed by atoms with Gasteiger partial charge in [-0.15, -0.1) is 0 Å². The molecule has 1 aliphatic carbocycles. The molecule has 0 unspecified atom stereocenters. The van der Waals surface area contributed by atoms with E-state index in [-0.39, 0.29) is 0 Å². The zero-order chi connectivity index (χ0) is 15.2. The Morgan fingerprint density at radius 2 is 1.68 bits per heavy atom. The standard InChI is InChI=1S/C18H19NO3/c20-13-19-14-8-10-16(11-9-14)22-18-7-3-6-17(12-18)21-15-4-1-2-5-15/h3,6-13,15H,1-2,4-5H2,(H,19,20). The van der Waals surface area contributed by atoms with E-state index >= 15 is 0 Å². The molecule has 2 aromatic rings. The molecule has 1 fully saturated rings. The van der Waals surface area contributed by atoms with E-state index in [0.717, 1.165) is 35.8 Å². The summed E-state index contributed by atoms with van der Waals surface area (Å²) in [4.78, 5) is 10.4. The summed E-state index contributed by atoms with van der Waals surface area (Å²) < 4.78 is 11.8. The van der Waals surface area contributed by atoms with Gasteiger partial charge in [-0.05, 0) is 62.1 Å². The fourth-order valence-corrected chi connectivity index (χ4v) is 2.63. The predicted molar refractivity (Wildman–Crippen MR) is 85.5 cm³/mol. The Morgan fingerprint density at radius 3 is 2.41 bits per heavy atom. The molecule has 1 aliphatic rings. The van der Waals surface area contributed by atoms with E-state index in [1.54, 1.807) is 12.1 Å². The summed E-state index contributed by atoms with van der Waals surface area (Å²) in [5.41, 5.74) is 0.737. The van der Waals surface area contributed by atoms with Gasteiger partial charge in [-0.25, -0.2) is 0 Å². The van der Waals surface area contributed by atoms with E-state index in [1.807, 2.05) is 36.4 Å². The van der Waals surface area contributed by atoms with Crippen LogP contribution in [0.25, 0.3) is 0 Å². The van der Waals surface area contributed by atoms with Crippen molar-refractivity contribution in [3.05, 3.63) is 48.5 Å². The molecule has 3 rings (SSSR count). The number of hydrogen-bond donors (Lipinski definition) is 1. The molecular formula is C18H19NO3. The Balaban J connectivity index is 1.65. The summed E-state index contributed by atoms with van der Waals surface area (Å²) in [7, 11) is 0. The predicted octanol–water partition coefficient (Wildman–Crippen LogP) is 4.37. The molecule has 0 aromatic heterocycles. The molecule has 0 spiro atoms. The third-order valence-corrected chi connectivity index (χ3v) is 3.73. The van der Waals surface area contributed by atoms with Crippen LogP contribution in [0.1, 0.15) is 25.7 Å². The lowest BCUT2D eigenvalue weighted by Gasteiger charge is -2.14. The second-order valence-corrected chi connectivity index (χ2v) is 5.39. The maximum absolute atomic E-state index is 10.4. The van der Waals surface area contributed by atoms with Crippen molar-refractivity contribution >= 4 is 12.1 Å². The smallest absolute Gasteiger partial charge is 0.211 e. The lowest BCUT2D eigenvalue weighted by molar-refractivity contribution is -0.105. The topological polar surface area (TPSA) is 47.6 Å². The van der Waals surface area contributed by atoms with E-state index in [0.29, 0.717) is 12.5 Å². The van der Waals surface area contributed by atoms with Gasteiger partial charge in [-0.3, -0.25) is 4.79 Å². The molecule has 0 saturated heterocycles. The van der Waals surface area contributed by atoms with Crippen LogP contribution >= 0.6 is 0 Å². The fraction of sp³-hybridized carbons (Fsp3) is 0.278. The summed E-state index contributed by atoms with van der Waals surface area (Å²) >= 11 is 0. The largest absolute Gasteiger partial charge is 0.490 e. The van der Waals surface area contributed by atoms with Gasteiger partial charge < -0.3 is 14.8 Å². The quantitative estimate of drug-likeness (QED) is 0.805. The van der Waals surface area contributed by atoms with Gasteiger partial charge in [0, 0.05) is 11.8 Å². The van der Waals surface area contributed by atoms with Gasteiger partial charge in [0.25, 0.3) is 0 Å². The number of benzene rings is 2. The fourth-order valence-electron chi connectivity index (χ4n) is 2.63. The van der Waals surface area contributed by atoms with E-state index in [1.165, 1.54) is 12.8 Å². The first-order chi connectivity index (χ1) is 10.8. The average molecular weight is 297 g/mol. The van der Waals surface area contributed by atoms with E-state index < -0.39 is 0 Å². The van der Waals surface area contributed by atoms with Crippen LogP contribution < -0.4 is 14.8 Å². The lowest BCUT2D eigenvalue weighted by Crippen LogP contribution is -2.10. The molecular weight excluding hydrogens is 278 g/mol. The van der Waals surface area contributed by atoms with Crippen LogP contribution in [0, 0.1) is 0 Å². The van der Waals surface area contributed by atoms with Crippen molar-refractivity contribution in [2.24, 2.45) is 0 Å². The van der Waals surface area contributed by atoms with Crippen molar-refractivity contribution in [1.82, 2.24) is 0 Å². The zero-order valence-electron chi connectivity index (χ0n) is 12.3. The van der Waals surface area contributed by atoms with Crippen molar-refractivity contribution in [3.63, 3.8) is 0 Å². The highest BCUT2D eigenvalue weighted by Gasteiger charge is 2.16. The van der Waals surface area contributed by atoms with Crippen LogP contribution in [-0.2, 0) is 4.79 Å². The summed E-state index contributed by atoms with van der Waals surface area (Å²) in [5, 5.41) is 2.59. The maximum Gasteiger partial charge on any atom is 0.211 e. The highest BCUT2D eigenvalue weighted by Crippen LogP contribution is 2.29. The first-order valence-electron chi connectivity index (χ1n) is 7.58. The molecule has 0 aliphatic heterocycles. The third kappa shape index (κ3) is 3.79. The number of ether oxygens (including phenoxy) is 2. The minimum atomic E-state index is 0.337. The van der Waals surface area contributed by atoms with Gasteiger partial charge in [0.1, 0.15) is 17.2 Å². The minimum Gasteiger partial charge on any atom is -0.490 e. The molecule has 2 aromatic carbocycles. The van der Waals surface area contributed by atoms with Crippen molar-refractivity contribution in [1.29, 1.82) is 0 Å². The van der Waals surface area contributed by atoms with E-state index in [4.69, 9.17) is 9.47 Å². The first kappa shape index (κ1) is 14.4. The summed E-state index contributed by atoms with van der Waals surface area (Å²) in [6.07, 6.45) is 5.76. The van der Waals surface area contributed by atoms with Gasteiger partial charge in [-0.2, -0.15) is 0 Å². The van der Waals surface area contributed by atoms with Gasteiger partial charge in [-0.1, -0.05) is 6.07 Å². The Morgan fingerprint density at radius 1 is 0.955 bits per heavy atom. The monoisotopic (exact) mass is 297 g/mol. The number of hydrogen-bond acceptors (Lipinski definition) is 3. The number of carbonyl (C=O) groups is 1. The second-order valence-electron chi connectivity index (χ2n) is 5.39. The van der Waals surface area contributed by atoms with Crippen LogP contribution in [0.5, 0.6) is 17.2 Å². The Bertz CT molecular complexity index is 618. The van der Waals surface area contributed by atoms with Gasteiger partial charge >= 0.3 is 0 Å². The van der Waals surface area contributed by atoms with Crippen molar-refractivity contribution < 1.29 is 14.3 Å². The summed E-state index contributed by atoms with van der Waals surface area (Å²) in [5.74, 6) is 2.31. The van der Waals surface area contributed by atoms with Crippen molar-refractivity contribution in [2.45, 2.75) is 31.8 Å². The van der Waals surface area contributed by atoms with Crippen LogP contribution in [0.3, 0.4) is 0 Å². The molecule has 114 valence electrons. The van der Waals surface area contributed by atoms with Gasteiger partial charge in [0.2, 0.25) is 6.41 Å². The van der Waals surface area contributed by atoms with Crippen LogP contribution in [0.4, 0.5) is 5.69 Å². The number of anilines is 1. The van der Waals surface area contributed by atoms with Crippen LogP contribution in [-0.4, -0.2) is 12.5 Å². The molecule has 0 radical (unpaired) electrons. The molecule has 0 heterocycles. The minimum absolute atomic E-state index is 0.337. The van der Waals surface area contributed by atoms with Gasteiger partial charge in [0.15, 0.2) is 0 Å². The first-order valence-corrected chi connectivity index (χ1v) is 7.58. The summed E-state index contributed by atoms with van der Waals surface area (Å²) in [6.45, 7) is 0.